The lowest BCUT2D eigenvalue weighted by Crippen LogP contribution is -2.09. The van der Waals surface area contributed by atoms with Crippen LogP contribution in [0.25, 0.3) is 11.4 Å². The number of halogens is 1. The predicted octanol–water partition coefficient (Wildman–Crippen LogP) is 3.66. The Labute approximate surface area is 134 Å². The molecule has 0 aliphatic rings. The van der Waals surface area contributed by atoms with E-state index in [1.807, 2.05) is 13.2 Å². The Kier molecular flexibility index (Phi) is 5.33. The lowest BCUT2D eigenvalue weighted by Gasteiger charge is -2.13. The minimum absolute atomic E-state index is 0.539. The van der Waals surface area contributed by atoms with E-state index >= 15 is 0 Å². The lowest BCUT2D eigenvalue weighted by molar-refractivity contribution is 0.632. The molecule has 0 unspecified atom stereocenters. The molecule has 1 N–H and O–H groups in total. The van der Waals surface area contributed by atoms with Gasteiger partial charge < -0.3 is 5.32 Å². The van der Waals surface area contributed by atoms with Crippen molar-refractivity contribution in [2.75, 3.05) is 11.9 Å². The molecule has 114 valence electrons. The highest BCUT2D eigenvalue weighted by Gasteiger charge is 2.15. The first-order valence-electron chi connectivity index (χ1n) is 7.30. The Balaban J connectivity index is 2.44. The Morgan fingerprint density at radius 2 is 2.10 bits per heavy atom. The maximum absolute atomic E-state index is 4.71. The van der Waals surface area contributed by atoms with Gasteiger partial charge in [-0.2, -0.15) is 5.10 Å². The van der Waals surface area contributed by atoms with Crippen molar-refractivity contribution in [2.45, 2.75) is 33.6 Å². The average molecular weight is 352 g/mol. The second-order valence-electron chi connectivity index (χ2n) is 5.58. The zero-order chi connectivity index (χ0) is 15.4. The fourth-order valence-corrected chi connectivity index (χ4v) is 2.52. The largest absolute Gasteiger partial charge is 0.369 e. The lowest BCUT2D eigenvalue weighted by atomic mass is 10.1. The second-order valence-corrected chi connectivity index (χ2v) is 6.38. The number of rotatable bonds is 6. The maximum atomic E-state index is 4.71. The summed E-state index contributed by atoms with van der Waals surface area (Å²) in [4.78, 5) is 9.35. The first kappa shape index (κ1) is 15.9. The summed E-state index contributed by atoms with van der Waals surface area (Å²) in [7, 11) is 1.90. The molecule has 0 saturated heterocycles. The quantitative estimate of drug-likeness (QED) is 0.862. The third-order valence-electron chi connectivity index (χ3n) is 3.03. The first-order chi connectivity index (χ1) is 10.0. The van der Waals surface area contributed by atoms with Crippen LogP contribution < -0.4 is 5.32 Å². The van der Waals surface area contributed by atoms with Crippen LogP contribution in [-0.4, -0.2) is 26.3 Å². The van der Waals surface area contributed by atoms with Gasteiger partial charge in [0.15, 0.2) is 5.82 Å². The highest BCUT2D eigenvalue weighted by molar-refractivity contribution is 9.10. The highest BCUT2D eigenvalue weighted by atomic mass is 79.9. The number of nitrogens with one attached hydrogen (secondary N) is 1. The smallest absolute Gasteiger partial charge is 0.165 e. The van der Waals surface area contributed by atoms with Crippen LogP contribution in [0.5, 0.6) is 0 Å². The van der Waals surface area contributed by atoms with E-state index in [2.05, 4.69) is 52.1 Å². The second kappa shape index (κ2) is 7.02. The van der Waals surface area contributed by atoms with Crippen molar-refractivity contribution >= 4 is 21.7 Å². The molecule has 2 aromatic rings. The standard InChI is InChI=1S/C15H22BrN5/c1-5-6-17-15-13(16)12(7-10(2)3)19-14(20-15)11-8-18-21(4)9-11/h8-10H,5-7H2,1-4H3,(H,17,19,20). The van der Waals surface area contributed by atoms with E-state index in [0.29, 0.717) is 5.92 Å². The Morgan fingerprint density at radius 1 is 1.33 bits per heavy atom. The van der Waals surface area contributed by atoms with Gasteiger partial charge in [0.2, 0.25) is 0 Å². The molecule has 2 rings (SSSR count). The van der Waals surface area contributed by atoms with E-state index in [-0.39, 0.29) is 0 Å². The molecule has 0 aromatic carbocycles. The van der Waals surface area contributed by atoms with E-state index in [1.54, 1.807) is 10.9 Å². The van der Waals surface area contributed by atoms with Crippen LogP contribution >= 0.6 is 15.9 Å². The maximum Gasteiger partial charge on any atom is 0.165 e. The molecule has 0 aliphatic heterocycles. The van der Waals surface area contributed by atoms with Crippen LogP contribution in [0.2, 0.25) is 0 Å². The molecular weight excluding hydrogens is 330 g/mol. The molecular formula is C15H22BrN5. The monoisotopic (exact) mass is 351 g/mol. The fraction of sp³-hybridized carbons (Fsp3) is 0.533. The summed E-state index contributed by atoms with van der Waals surface area (Å²) < 4.78 is 2.74. The predicted molar refractivity (Wildman–Crippen MR) is 89.3 cm³/mol. The van der Waals surface area contributed by atoms with Crippen LogP contribution in [0, 0.1) is 5.92 Å². The molecule has 0 bridgehead atoms. The summed E-state index contributed by atoms with van der Waals surface area (Å²) in [6, 6.07) is 0. The van der Waals surface area contributed by atoms with Gasteiger partial charge in [0.25, 0.3) is 0 Å². The third-order valence-corrected chi connectivity index (χ3v) is 3.86. The van der Waals surface area contributed by atoms with Crippen LogP contribution in [0.15, 0.2) is 16.9 Å². The Hall–Kier alpha value is -1.43. The zero-order valence-electron chi connectivity index (χ0n) is 13.0. The molecule has 6 heteroatoms. The summed E-state index contributed by atoms with van der Waals surface area (Å²) in [6.45, 7) is 7.41. The van der Waals surface area contributed by atoms with E-state index in [1.165, 1.54) is 0 Å². The number of anilines is 1. The molecule has 0 atom stereocenters. The van der Waals surface area contributed by atoms with Gasteiger partial charge in [-0.3, -0.25) is 4.68 Å². The van der Waals surface area contributed by atoms with Gasteiger partial charge in [0.1, 0.15) is 5.82 Å². The minimum Gasteiger partial charge on any atom is -0.369 e. The van der Waals surface area contributed by atoms with Crippen molar-refractivity contribution < 1.29 is 0 Å². The number of aromatic nitrogens is 4. The van der Waals surface area contributed by atoms with Crippen LogP contribution in [0.1, 0.15) is 32.9 Å². The van der Waals surface area contributed by atoms with E-state index in [0.717, 1.165) is 46.8 Å². The summed E-state index contributed by atoms with van der Waals surface area (Å²) in [5.41, 5.74) is 1.98. The number of hydrogen-bond donors (Lipinski definition) is 1. The number of hydrogen-bond acceptors (Lipinski definition) is 4. The van der Waals surface area contributed by atoms with Crippen molar-refractivity contribution in [1.29, 1.82) is 0 Å². The van der Waals surface area contributed by atoms with E-state index < -0.39 is 0 Å². The summed E-state index contributed by atoms with van der Waals surface area (Å²) in [6.07, 6.45) is 5.70. The van der Waals surface area contributed by atoms with Crippen molar-refractivity contribution in [1.82, 2.24) is 19.7 Å². The highest BCUT2D eigenvalue weighted by Crippen LogP contribution is 2.28. The van der Waals surface area contributed by atoms with Gasteiger partial charge in [0.05, 0.1) is 21.9 Å². The molecule has 2 heterocycles. The van der Waals surface area contributed by atoms with Gasteiger partial charge in [-0.1, -0.05) is 20.8 Å². The third kappa shape index (κ3) is 4.03. The molecule has 2 aromatic heterocycles. The summed E-state index contributed by atoms with van der Waals surface area (Å²) in [5.74, 6) is 2.12. The van der Waals surface area contributed by atoms with Crippen LogP contribution in [0.4, 0.5) is 5.82 Å². The molecule has 0 aliphatic carbocycles. The first-order valence-corrected chi connectivity index (χ1v) is 8.09. The van der Waals surface area contributed by atoms with Crippen molar-refractivity contribution in [3.05, 3.63) is 22.6 Å². The van der Waals surface area contributed by atoms with Gasteiger partial charge in [0, 0.05) is 19.8 Å². The van der Waals surface area contributed by atoms with E-state index in [9.17, 15) is 0 Å². The molecule has 0 spiro atoms. The summed E-state index contributed by atoms with van der Waals surface area (Å²) >= 11 is 3.64. The number of nitrogens with zero attached hydrogens (tertiary/aromatic N) is 4. The Morgan fingerprint density at radius 3 is 2.67 bits per heavy atom. The van der Waals surface area contributed by atoms with Gasteiger partial charge in [-0.15, -0.1) is 0 Å². The van der Waals surface area contributed by atoms with Crippen LogP contribution in [0.3, 0.4) is 0 Å². The number of aryl methyl sites for hydroxylation is 1. The van der Waals surface area contributed by atoms with Crippen molar-refractivity contribution in [2.24, 2.45) is 13.0 Å². The molecule has 0 saturated carbocycles. The average Bonchev–Trinajstić information content (AvgIpc) is 2.86. The Bertz CT molecular complexity index is 606. The molecule has 21 heavy (non-hydrogen) atoms. The molecule has 0 amide bonds. The van der Waals surface area contributed by atoms with Gasteiger partial charge in [-0.05, 0) is 34.7 Å². The van der Waals surface area contributed by atoms with Crippen LogP contribution in [-0.2, 0) is 13.5 Å². The molecule has 0 radical (unpaired) electrons. The minimum atomic E-state index is 0.539. The van der Waals surface area contributed by atoms with Gasteiger partial charge in [-0.25, -0.2) is 9.97 Å². The molecule has 5 nitrogen and oxygen atoms in total. The fourth-order valence-electron chi connectivity index (χ4n) is 2.04. The van der Waals surface area contributed by atoms with Crippen molar-refractivity contribution in [3.8, 4) is 11.4 Å². The van der Waals surface area contributed by atoms with E-state index in [4.69, 9.17) is 4.98 Å². The normalized spacial score (nSPS) is 11.1. The molecule has 0 fully saturated rings. The van der Waals surface area contributed by atoms with Crippen molar-refractivity contribution in [3.63, 3.8) is 0 Å². The topological polar surface area (TPSA) is 55.6 Å². The SMILES string of the molecule is CCCNc1nc(-c2cnn(C)c2)nc(CC(C)C)c1Br. The van der Waals surface area contributed by atoms with Gasteiger partial charge >= 0.3 is 0 Å². The summed E-state index contributed by atoms with van der Waals surface area (Å²) in [5, 5.41) is 7.57. The zero-order valence-corrected chi connectivity index (χ0v) is 14.6.